The average molecular weight is 235 g/mol. The van der Waals surface area contributed by atoms with Gasteiger partial charge in [0, 0.05) is 37.9 Å². The van der Waals surface area contributed by atoms with E-state index in [0.29, 0.717) is 0 Å². The Hall–Kier alpha value is -0.830. The maximum atomic E-state index is 4.19. The van der Waals surface area contributed by atoms with Gasteiger partial charge >= 0.3 is 0 Å². The molecule has 17 heavy (non-hydrogen) atoms. The highest BCUT2D eigenvalue weighted by Gasteiger charge is 2.23. The van der Waals surface area contributed by atoms with E-state index in [1.807, 2.05) is 17.9 Å². The van der Waals surface area contributed by atoms with Crippen molar-refractivity contribution in [2.24, 2.45) is 18.9 Å². The molecular weight excluding hydrogens is 210 g/mol. The number of hydrogen-bond acceptors (Lipinski definition) is 2. The highest BCUT2D eigenvalue weighted by Crippen LogP contribution is 2.29. The highest BCUT2D eigenvalue weighted by molar-refractivity contribution is 5.00. The topological polar surface area (TPSA) is 29.9 Å². The number of aryl methyl sites for hydroxylation is 1. The molecule has 1 saturated carbocycles. The lowest BCUT2D eigenvalue weighted by molar-refractivity contribution is 0.227. The second kappa shape index (κ2) is 5.67. The summed E-state index contributed by atoms with van der Waals surface area (Å²) in [5.74, 6) is 1.78. The molecule has 0 unspecified atom stereocenters. The van der Waals surface area contributed by atoms with Gasteiger partial charge in [-0.2, -0.15) is 5.10 Å². The molecule has 1 aliphatic carbocycles. The molecule has 0 saturated heterocycles. The quantitative estimate of drug-likeness (QED) is 0.868. The first-order chi connectivity index (χ1) is 8.16. The van der Waals surface area contributed by atoms with Gasteiger partial charge in [-0.25, -0.2) is 0 Å². The number of nitrogens with one attached hydrogen (secondary N) is 1. The van der Waals surface area contributed by atoms with Crippen molar-refractivity contribution in [2.45, 2.75) is 45.6 Å². The van der Waals surface area contributed by atoms with Crippen LogP contribution in [0.15, 0.2) is 12.3 Å². The SMILES string of the molecule is C[C@@H]1CC[C@H](NCCc2ccnn2C)C[C@H]1C. The Kier molecular flexibility index (Phi) is 4.21. The Bertz CT molecular complexity index is 345. The van der Waals surface area contributed by atoms with E-state index in [1.165, 1.54) is 25.0 Å². The molecule has 0 aliphatic heterocycles. The molecule has 1 aromatic rings. The van der Waals surface area contributed by atoms with E-state index in [1.54, 1.807) is 0 Å². The molecule has 1 N–H and O–H groups in total. The predicted molar refractivity (Wildman–Crippen MR) is 70.9 cm³/mol. The molecule has 0 spiro atoms. The van der Waals surface area contributed by atoms with Crippen LogP contribution in [-0.4, -0.2) is 22.4 Å². The highest BCUT2D eigenvalue weighted by atomic mass is 15.3. The minimum atomic E-state index is 0.731. The van der Waals surface area contributed by atoms with Crippen molar-refractivity contribution in [3.05, 3.63) is 18.0 Å². The fourth-order valence-corrected chi connectivity index (χ4v) is 2.78. The van der Waals surface area contributed by atoms with Crippen LogP contribution in [0.5, 0.6) is 0 Å². The number of nitrogens with zero attached hydrogens (tertiary/aromatic N) is 2. The molecule has 96 valence electrons. The molecule has 0 amide bonds. The summed E-state index contributed by atoms with van der Waals surface area (Å²) >= 11 is 0. The van der Waals surface area contributed by atoms with E-state index < -0.39 is 0 Å². The van der Waals surface area contributed by atoms with E-state index >= 15 is 0 Å². The maximum Gasteiger partial charge on any atom is 0.0492 e. The third-order valence-electron chi connectivity index (χ3n) is 4.33. The zero-order valence-electron chi connectivity index (χ0n) is 11.3. The molecule has 3 atom stereocenters. The van der Waals surface area contributed by atoms with E-state index in [2.05, 4.69) is 30.3 Å². The predicted octanol–water partition coefficient (Wildman–Crippen LogP) is 2.38. The van der Waals surface area contributed by atoms with Gasteiger partial charge in [-0.3, -0.25) is 4.68 Å². The Morgan fingerprint density at radius 1 is 1.35 bits per heavy atom. The maximum absolute atomic E-state index is 4.19. The first-order valence-corrected chi connectivity index (χ1v) is 6.87. The normalized spacial score (nSPS) is 29.5. The average Bonchev–Trinajstić information content (AvgIpc) is 2.70. The lowest BCUT2D eigenvalue weighted by atomic mass is 9.79. The Morgan fingerprint density at radius 3 is 2.82 bits per heavy atom. The third kappa shape index (κ3) is 3.32. The van der Waals surface area contributed by atoms with Crippen molar-refractivity contribution in [1.82, 2.24) is 15.1 Å². The molecule has 0 radical (unpaired) electrons. The summed E-state index contributed by atoms with van der Waals surface area (Å²) in [6.45, 7) is 5.85. The third-order valence-corrected chi connectivity index (χ3v) is 4.33. The van der Waals surface area contributed by atoms with Gasteiger partial charge in [0.05, 0.1) is 0 Å². The zero-order chi connectivity index (χ0) is 12.3. The van der Waals surface area contributed by atoms with Crippen LogP contribution in [-0.2, 0) is 13.5 Å². The van der Waals surface area contributed by atoms with Gasteiger partial charge < -0.3 is 5.32 Å². The van der Waals surface area contributed by atoms with Gasteiger partial charge in [0.15, 0.2) is 0 Å². The number of hydrogen-bond donors (Lipinski definition) is 1. The molecule has 1 fully saturated rings. The lowest BCUT2D eigenvalue weighted by Crippen LogP contribution is -2.37. The summed E-state index contributed by atoms with van der Waals surface area (Å²) in [7, 11) is 2.01. The van der Waals surface area contributed by atoms with E-state index in [4.69, 9.17) is 0 Å². The van der Waals surface area contributed by atoms with Crippen molar-refractivity contribution in [1.29, 1.82) is 0 Å². The molecule has 3 nitrogen and oxygen atoms in total. The second-order valence-corrected chi connectivity index (χ2v) is 5.61. The first-order valence-electron chi connectivity index (χ1n) is 6.87. The van der Waals surface area contributed by atoms with Crippen molar-refractivity contribution < 1.29 is 0 Å². The molecule has 1 heterocycles. The van der Waals surface area contributed by atoms with Crippen LogP contribution >= 0.6 is 0 Å². The zero-order valence-corrected chi connectivity index (χ0v) is 11.3. The van der Waals surface area contributed by atoms with Crippen LogP contribution in [0.4, 0.5) is 0 Å². The minimum Gasteiger partial charge on any atom is -0.314 e. The molecule has 2 rings (SSSR count). The Balaban J connectivity index is 1.71. The van der Waals surface area contributed by atoms with Crippen LogP contribution in [0, 0.1) is 11.8 Å². The van der Waals surface area contributed by atoms with Crippen LogP contribution in [0.25, 0.3) is 0 Å². The molecule has 0 aromatic carbocycles. The van der Waals surface area contributed by atoms with Crippen LogP contribution < -0.4 is 5.32 Å². The number of aromatic nitrogens is 2. The minimum absolute atomic E-state index is 0.731. The van der Waals surface area contributed by atoms with Gasteiger partial charge in [0.2, 0.25) is 0 Å². The summed E-state index contributed by atoms with van der Waals surface area (Å²) in [5.41, 5.74) is 1.31. The second-order valence-electron chi connectivity index (χ2n) is 5.61. The number of rotatable bonds is 4. The van der Waals surface area contributed by atoms with Crippen LogP contribution in [0.1, 0.15) is 38.8 Å². The summed E-state index contributed by atoms with van der Waals surface area (Å²) in [5, 5.41) is 7.89. The standard InChI is InChI=1S/C14H25N3/c1-11-4-5-13(10-12(11)2)15-8-6-14-7-9-16-17(14)3/h7,9,11-13,15H,4-6,8,10H2,1-3H3/t11-,12-,13+/m1/s1. The van der Waals surface area contributed by atoms with Gasteiger partial charge in [0.1, 0.15) is 0 Å². The fraction of sp³-hybridized carbons (Fsp3) is 0.786. The molecule has 1 aliphatic rings. The van der Waals surface area contributed by atoms with Gasteiger partial charge in [-0.15, -0.1) is 0 Å². The van der Waals surface area contributed by atoms with Crippen molar-refractivity contribution in [2.75, 3.05) is 6.54 Å². The van der Waals surface area contributed by atoms with Crippen molar-refractivity contribution >= 4 is 0 Å². The Morgan fingerprint density at radius 2 is 2.18 bits per heavy atom. The molecule has 1 aromatic heterocycles. The van der Waals surface area contributed by atoms with Crippen LogP contribution in [0.3, 0.4) is 0 Å². The Labute approximate surface area is 105 Å². The van der Waals surface area contributed by atoms with Gasteiger partial charge in [-0.05, 0) is 37.2 Å². The summed E-state index contributed by atoms with van der Waals surface area (Å²) in [6, 6.07) is 2.84. The summed E-state index contributed by atoms with van der Waals surface area (Å²) in [6.07, 6.45) is 7.02. The smallest absolute Gasteiger partial charge is 0.0492 e. The van der Waals surface area contributed by atoms with E-state index in [-0.39, 0.29) is 0 Å². The van der Waals surface area contributed by atoms with Crippen molar-refractivity contribution in [3.8, 4) is 0 Å². The molecule has 3 heteroatoms. The fourth-order valence-electron chi connectivity index (χ4n) is 2.78. The molecular formula is C14H25N3. The van der Waals surface area contributed by atoms with Crippen molar-refractivity contribution in [3.63, 3.8) is 0 Å². The summed E-state index contributed by atoms with van der Waals surface area (Å²) in [4.78, 5) is 0. The monoisotopic (exact) mass is 235 g/mol. The largest absolute Gasteiger partial charge is 0.314 e. The van der Waals surface area contributed by atoms with E-state index in [0.717, 1.165) is 30.8 Å². The van der Waals surface area contributed by atoms with Gasteiger partial charge in [0.25, 0.3) is 0 Å². The van der Waals surface area contributed by atoms with Gasteiger partial charge in [-0.1, -0.05) is 13.8 Å². The van der Waals surface area contributed by atoms with Crippen LogP contribution in [0.2, 0.25) is 0 Å². The lowest BCUT2D eigenvalue weighted by Gasteiger charge is -2.32. The van der Waals surface area contributed by atoms with E-state index in [9.17, 15) is 0 Å². The first kappa shape index (κ1) is 12.6. The molecule has 0 bridgehead atoms. The summed E-state index contributed by atoms with van der Waals surface area (Å²) < 4.78 is 1.97.